The minimum absolute atomic E-state index is 0.936. The minimum atomic E-state index is 0.936. The largest absolute Gasteiger partial charge is 0.294 e. The zero-order chi connectivity index (χ0) is 23.1. The second-order valence-electron chi connectivity index (χ2n) is 8.99. The van der Waals surface area contributed by atoms with Crippen molar-refractivity contribution in [2.75, 3.05) is 0 Å². The Morgan fingerprint density at radius 3 is 1.82 bits per heavy atom. The monoisotopic (exact) mass is 441 g/mol. The van der Waals surface area contributed by atoms with E-state index in [2.05, 4.69) is 126 Å². The molecule has 0 unspecified atom stereocenters. The summed E-state index contributed by atoms with van der Waals surface area (Å²) in [4.78, 5) is 0. The van der Waals surface area contributed by atoms with Crippen LogP contribution in [-0.4, -0.2) is 4.57 Å². The Kier molecular flexibility index (Phi) is 5.15. The van der Waals surface area contributed by atoms with Crippen LogP contribution in [0.4, 0.5) is 0 Å². The molecule has 0 fully saturated rings. The molecule has 0 saturated carbocycles. The summed E-state index contributed by atoms with van der Waals surface area (Å²) >= 11 is 0. The third-order valence-corrected chi connectivity index (χ3v) is 7.12. The highest BCUT2D eigenvalue weighted by Gasteiger charge is 2.33. The first-order valence-electron chi connectivity index (χ1n) is 12.3. The smallest absolute Gasteiger partial charge is 0.225 e. The fourth-order valence-electron chi connectivity index (χ4n) is 5.59. The third kappa shape index (κ3) is 3.21. The molecule has 0 bridgehead atoms. The van der Waals surface area contributed by atoms with Gasteiger partial charge in [0.05, 0.1) is 5.56 Å². The molecule has 0 atom stereocenters. The molecule has 0 saturated heterocycles. The van der Waals surface area contributed by atoms with E-state index in [0.29, 0.717) is 0 Å². The summed E-state index contributed by atoms with van der Waals surface area (Å²) in [6.45, 7) is 5.51. The summed E-state index contributed by atoms with van der Waals surface area (Å²) in [6, 6.07) is 33.0. The Morgan fingerprint density at radius 2 is 1.24 bits per heavy atom. The van der Waals surface area contributed by atoms with Gasteiger partial charge >= 0.3 is 0 Å². The van der Waals surface area contributed by atoms with E-state index in [1.54, 1.807) is 0 Å². The SMILES string of the molecule is CCc1c(-c2ccccc2)cc(-c2ccccc2)c(CC)c1-n1cc[n+]2c1-c1ccccc1C2. The molecule has 166 valence electrons. The fraction of sp³-hybridized carbons (Fsp3) is 0.156. The lowest BCUT2D eigenvalue weighted by Crippen LogP contribution is -2.30. The first kappa shape index (κ1) is 20.7. The number of fused-ring (bicyclic) bond motifs is 3. The number of rotatable bonds is 5. The van der Waals surface area contributed by atoms with Crippen molar-refractivity contribution in [3.8, 4) is 39.3 Å². The molecule has 1 aliphatic heterocycles. The number of benzene rings is 4. The van der Waals surface area contributed by atoms with E-state index >= 15 is 0 Å². The maximum Gasteiger partial charge on any atom is 0.294 e. The number of hydrogen-bond donors (Lipinski definition) is 0. The fourth-order valence-corrected chi connectivity index (χ4v) is 5.59. The Hall–Kier alpha value is -3.91. The molecule has 2 nitrogen and oxygen atoms in total. The maximum atomic E-state index is 2.46. The highest BCUT2D eigenvalue weighted by molar-refractivity contribution is 5.84. The van der Waals surface area contributed by atoms with Crippen molar-refractivity contribution in [2.45, 2.75) is 33.2 Å². The summed E-state index contributed by atoms with van der Waals surface area (Å²) in [6.07, 6.45) is 6.45. The summed E-state index contributed by atoms with van der Waals surface area (Å²) in [5, 5.41) is 0. The minimum Gasteiger partial charge on any atom is -0.225 e. The van der Waals surface area contributed by atoms with E-state index in [1.165, 1.54) is 56.0 Å². The summed E-state index contributed by atoms with van der Waals surface area (Å²) in [5.74, 6) is 1.28. The van der Waals surface area contributed by atoms with E-state index in [4.69, 9.17) is 0 Å². The van der Waals surface area contributed by atoms with Crippen LogP contribution < -0.4 is 4.57 Å². The van der Waals surface area contributed by atoms with Crippen LogP contribution in [0.1, 0.15) is 30.5 Å². The van der Waals surface area contributed by atoms with Gasteiger partial charge in [-0.25, -0.2) is 4.57 Å². The molecule has 6 rings (SSSR count). The van der Waals surface area contributed by atoms with E-state index in [-0.39, 0.29) is 0 Å². The zero-order valence-electron chi connectivity index (χ0n) is 19.8. The van der Waals surface area contributed by atoms with Gasteiger partial charge in [-0.1, -0.05) is 92.7 Å². The lowest BCUT2D eigenvalue weighted by atomic mass is 9.86. The average Bonchev–Trinajstić information content (AvgIpc) is 3.48. The van der Waals surface area contributed by atoms with Crippen molar-refractivity contribution in [3.05, 3.63) is 120 Å². The molecule has 0 radical (unpaired) electrons. The second-order valence-corrected chi connectivity index (χ2v) is 8.99. The van der Waals surface area contributed by atoms with Crippen molar-refractivity contribution >= 4 is 0 Å². The van der Waals surface area contributed by atoms with Gasteiger partial charge in [0.15, 0.2) is 0 Å². The van der Waals surface area contributed by atoms with Gasteiger partial charge in [-0.15, -0.1) is 0 Å². The molecule has 2 heteroatoms. The van der Waals surface area contributed by atoms with Gasteiger partial charge < -0.3 is 0 Å². The number of hydrogen-bond acceptors (Lipinski definition) is 0. The first-order valence-corrected chi connectivity index (χ1v) is 12.3. The molecule has 1 aliphatic rings. The number of aromatic nitrogens is 2. The Labute approximate surface area is 201 Å². The highest BCUT2D eigenvalue weighted by Crippen LogP contribution is 2.41. The molecule has 4 aromatic carbocycles. The predicted octanol–water partition coefficient (Wildman–Crippen LogP) is 7.25. The normalized spacial score (nSPS) is 11.9. The van der Waals surface area contributed by atoms with Gasteiger partial charge in [0, 0.05) is 16.7 Å². The molecule has 34 heavy (non-hydrogen) atoms. The average molecular weight is 442 g/mol. The summed E-state index contributed by atoms with van der Waals surface area (Å²) < 4.78 is 4.85. The molecule has 0 N–H and O–H groups in total. The molecule has 2 heterocycles. The van der Waals surface area contributed by atoms with Crippen molar-refractivity contribution in [3.63, 3.8) is 0 Å². The molecular formula is C32H29N2+. The van der Waals surface area contributed by atoms with Crippen LogP contribution >= 0.6 is 0 Å². The third-order valence-electron chi connectivity index (χ3n) is 7.12. The maximum absolute atomic E-state index is 2.46. The topological polar surface area (TPSA) is 8.81 Å². The molecule has 1 aromatic heterocycles. The van der Waals surface area contributed by atoms with Crippen molar-refractivity contribution in [1.82, 2.24) is 4.57 Å². The van der Waals surface area contributed by atoms with Crippen LogP contribution in [0.3, 0.4) is 0 Å². The molecule has 0 aliphatic carbocycles. The van der Waals surface area contributed by atoms with E-state index in [0.717, 1.165) is 19.4 Å². The van der Waals surface area contributed by atoms with Gasteiger partial charge in [0.1, 0.15) is 24.6 Å². The lowest BCUT2D eigenvalue weighted by Gasteiger charge is -2.20. The van der Waals surface area contributed by atoms with Gasteiger partial charge in [0.2, 0.25) is 0 Å². The van der Waals surface area contributed by atoms with Crippen molar-refractivity contribution < 1.29 is 4.57 Å². The Morgan fingerprint density at radius 1 is 0.676 bits per heavy atom. The second kappa shape index (κ2) is 8.46. The lowest BCUT2D eigenvalue weighted by molar-refractivity contribution is -0.671. The van der Waals surface area contributed by atoms with Crippen LogP contribution in [0.2, 0.25) is 0 Å². The summed E-state index contributed by atoms with van der Waals surface area (Å²) in [5.41, 5.74) is 12.1. The van der Waals surface area contributed by atoms with Crippen LogP contribution in [0, 0.1) is 0 Å². The van der Waals surface area contributed by atoms with Gasteiger partial charge in [-0.05, 0) is 47.2 Å². The van der Waals surface area contributed by atoms with Crippen LogP contribution in [-0.2, 0) is 19.4 Å². The Balaban J connectivity index is 1.71. The van der Waals surface area contributed by atoms with Crippen molar-refractivity contribution in [1.29, 1.82) is 0 Å². The Bertz CT molecular complexity index is 1410. The van der Waals surface area contributed by atoms with Gasteiger partial charge in [-0.3, -0.25) is 0 Å². The van der Waals surface area contributed by atoms with Crippen LogP contribution in [0.5, 0.6) is 0 Å². The zero-order valence-corrected chi connectivity index (χ0v) is 19.8. The molecule has 5 aromatic rings. The quantitative estimate of drug-likeness (QED) is 0.249. The highest BCUT2D eigenvalue weighted by atomic mass is 15.2. The van der Waals surface area contributed by atoms with E-state index in [1.807, 2.05) is 0 Å². The molecular weight excluding hydrogens is 412 g/mol. The van der Waals surface area contributed by atoms with E-state index in [9.17, 15) is 0 Å². The standard InChI is InChI=1S/C32H29N2/c1-3-26-29(23-13-7-5-8-14-23)21-30(24-15-9-6-10-16-24)27(4-2)31(26)34-20-19-33-22-25-17-11-12-18-28(25)32(33)34/h5-21H,3-4,22H2,1-2H3/q+1. The first-order chi connectivity index (χ1) is 16.8. The van der Waals surface area contributed by atoms with Gasteiger partial charge in [0.25, 0.3) is 5.82 Å². The van der Waals surface area contributed by atoms with Crippen molar-refractivity contribution in [2.24, 2.45) is 0 Å². The van der Waals surface area contributed by atoms with Gasteiger partial charge in [-0.2, -0.15) is 4.57 Å². The molecule has 0 amide bonds. The number of imidazole rings is 1. The van der Waals surface area contributed by atoms with Crippen LogP contribution in [0.25, 0.3) is 39.3 Å². The summed E-state index contributed by atoms with van der Waals surface area (Å²) in [7, 11) is 0. The van der Waals surface area contributed by atoms with E-state index < -0.39 is 0 Å². The van der Waals surface area contributed by atoms with Crippen LogP contribution in [0.15, 0.2) is 103 Å². The predicted molar refractivity (Wildman–Crippen MR) is 140 cm³/mol. The number of nitrogens with zero attached hydrogens (tertiary/aromatic N) is 2. The molecule has 0 spiro atoms.